The highest BCUT2D eigenvalue weighted by Crippen LogP contribution is 2.44. The smallest absolute Gasteiger partial charge is 0.311 e. The van der Waals surface area contributed by atoms with Gasteiger partial charge in [0.1, 0.15) is 5.82 Å². The molecule has 0 aliphatic carbocycles. The molecule has 0 unspecified atom stereocenters. The standard InChI is InChI=1S/C24H25FN4O3/c1-13(2)21-19(15-9-24(3,23(30)31)12-32-11-15)20-18(8-14-10-26-28-22(14)27-20)29(21)17-6-4-16(25)5-7-17/h4-8,10,13,15H,9,11-12H2,1-3H3,(H,30,31)(H,26,27,28)/t15-,24-/m1/s1. The molecule has 0 radical (unpaired) electrons. The predicted molar refractivity (Wildman–Crippen MR) is 119 cm³/mol. The zero-order chi connectivity index (χ0) is 22.6. The summed E-state index contributed by atoms with van der Waals surface area (Å²) in [6.45, 7) is 6.55. The van der Waals surface area contributed by atoms with E-state index in [1.54, 1.807) is 25.3 Å². The van der Waals surface area contributed by atoms with Gasteiger partial charge in [0, 0.05) is 28.2 Å². The fraction of sp³-hybridized carbons (Fsp3) is 0.375. The van der Waals surface area contributed by atoms with Crippen molar-refractivity contribution in [3.05, 3.63) is 53.6 Å². The minimum atomic E-state index is -0.973. The van der Waals surface area contributed by atoms with Gasteiger partial charge in [-0.15, -0.1) is 0 Å². The number of aliphatic carboxylic acids is 1. The third-order valence-corrected chi connectivity index (χ3v) is 6.41. The summed E-state index contributed by atoms with van der Waals surface area (Å²) in [4.78, 5) is 16.9. The summed E-state index contributed by atoms with van der Waals surface area (Å²) in [5.41, 5.74) is 4.21. The normalized spacial score (nSPS) is 21.6. The summed E-state index contributed by atoms with van der Waals surface area (Å²) >= 11 is 0. The predicted octanol–water partition coefficient (Wildman–Crippen LogP) is 4.76. The lowest BCUT2D eigenvalue weighted by molar-refractivity contribution is -0.156. The molecular weight excluding hydrogens is 411 g/mol. The van der Waals surface area contributed by atoms with E-state index < -0.39 is 11.4 Å². The second kappa shape index (κ2) is 7.41. The molecule has 166 valence electrons. The largest absolute Gasteiger partial charge is 0.481 e. The lowest BCUT2D eigenvalue weighted by atomic mass is 9.76. The summed E-state index contributed by atoms with van der Waals surface area (Å²) in [5, 5.41) is 17.7. The van der Waals surface area contributed by atoms with Crippen LogP contribution >= 0.6 is 0 Å². The number of aromatic nitrogens is 4. The van der Waals surface area contributed by atoms with E-state index >= 15 is 0 Å². The van der Waals surface area contributed by atoms with Crippen LogP contribution in [0.25, 0.3) is 27.8 Å². The first-order valence-electron chi connectivity index (χ1n) is 10.7. The average molecular weight is 436 g/mol. The number of H-pyrrole nitrogens is 1. The Labute approximate surface area is 184 Å². The number of hydrogen-bond acceptors (Lipinski definition) is 4. The lowest BCUT2D eigenvalue weighted by Gasteiger charge is -2.35. The number of nitrogens with zero attached hydrogens (tertiary/aromatic N) is 3. The highest BCUT2D eigenvalue weighted by Gasteiger charge is 2.42. The third-order valence-electron chi connectivity index (χ3n) is 6.41. The Balaban J connectivity index is 1.82. The van der Waals surface area contributed by atoms with E-state index in [4.69, 9.17) is 9.72 Å². The van der Waals surface area contributed by atoms with Crippen molar-refractivity contribution in [2.45, 2.75) is 39.0 Å². The van der Waals surface area contributed by atoms with Crippen LogP contribution in [0.4, 0.5) is 4.39 Å². The first kappa shape index (κ1) is 20.6. The van der Waals surface area contributed by atoms with E-state index in [2.05, 4.69) is 28.6 Å². The van der Waals surface area contributed by atoms with Gasteiger partial charge in [0.05, 0.1) is 35.9 Å². The molecule has 4 aromatic rings. The molecule has 1 aliphatic rings. The van der Waals surface area contributed by atoms with Gasteiger partial charge < -0.3 is 14.4 Å². The molecule has 1 saturated heterocycles. The molecule has 0 saturated carbocycles. The van der Waals surface area contributed by atoms with Crippen LogP contribution < -0.4 is 0 Å². The van der Waals surface area contributed by atoms with E-state index in [-0.39, 0.29) is 24.3 Å². The van der Waals surface area contributed by atoms with E-state index in [0.29, 0.717) is 18.7 Å². The van der Waals surface area contributed by atoms with E-state index in [1.807, 2.05) is 6.07 Å². The number of pyridine rings is 1. The van der Waals surface area contributed by atoms with Crippen LogP contribution in [0.1, 0.15) is 50.3 Å². The van der Waals surface area contributed by atoms with Gasteiger partial charge in [0.2, 0.25) is 0 Å². The Bertz CT molecular complexity index is 1320. The van der Waals surface area contributed by atoms with Gasteiger partial charge in [-0.3, -0.25) is 9.89 Å². The van der Waals surface area contributed by atoms with Crippen LogP contribution in [0.3, 0.4) is 0 Å². The van der Waals surface area contributed by atoms with Crippen molar-refractivity contribution < 1.29 is 19.0 Å². The van der Waals surface area contributed by atoms with Crippen LogP contribution in [0.2, 0.25) is 0 Å². The number of nitrogens with one attached hydrogen (secondary N) is 1. The number of hydrogen-bond donors (Lipinski definition) is 2. The Hall–Kier alpha value is -3.26. The lowest BCUT2D eigenvalue weighted by Crippen LogP contribution is -2.40. The molecule has 0 spiro atoms. The zero-order valence-corrected chi connectivity index (χ0v) is 18.2. The minimum absolute atomic E-state index is 0.110. The molecule has 2 atom stereocenters. The van der Waals surface area contributed by atoms with Gasteiger partial charge >= 0.3 is 5.97 Å². The van der Waals surface area contributed by atoms with Crippen LogP contribution in [0.5, 0.6) is 0 Å². The van der Waals surface area contributed by atoms with Gasteiger partial charge in [-0.1, -0.05) is 13.8 Å². The van der Waals surface area contributed by atoms with Crippen LogP contribution in [-0.2, 0) is 9.53 Å². The molecule has 3 aromatic heterocycles. The highest BCUT2D eigenvalue weighted by molar-refractivity contribution is 5.93. The molecule has 7 nitrogen and oxygen atoms in total. The number of ether oxygens (including phenoxy) is 1. The third kappa shape index (κ3) is 3.17. The molecule has 1 aliphatic heterocycles. The van der Waals surface area contributed by atoms with Crippen molar-refractivity contribution in [1.82, 2.24) is 19.7 Å². The summed E-state index contributed by atoms with van der Waals surface area (Å²) in [6, 6.07) is 8.42. The first-order valence-corrected chi connectivity index (χ1v) is 10.7. The van der Waals surface area contributed by atoms with Crippen molar-refractivity contribution in [2.75, 3.05) is 13.2 Å². The summed E-state index contributed by atoms with van der Waals surface area (Å²) < 4.78 is 21.6. The molecule has 1 aromatic carbocycles. The van der Waals surface area contributed by atoms with Crippen molar-refractivity contribution in [3.63, 3.8) is 0 Å². The van der Waals surface area contributed by atoms with Crippen LogP contribution in [0.15, 0.2) is 36.5 Å². The number of fused-ring (bicyclic) bond motifs is 2. The Morgan fingerprint density at radius 1 is 1.34 bits per heavy atom. The van der Waals surface area contributed by atoms with Crippen LogP contribution in [0, 0.1) is 11.2 Å². The van der Waals surface area contributed by atoms with E-state index in [0.717, 1.165) is 33.4 Å². The number of aromatic amines is 1. The molecule has 5 rings (SSSR count). The summed E-state index contributed by atoms with van der Waals surface area (Å²) in [7, 11) is 0. The number of halogens is 1. The van der Waals surface area contributed by atoms with Crippen LogP contribution in [-0.4, -0.2) is 44.0 Å². The molecule has 8 heteroatoms. The van der Waals surface area contributed by atoms with Crippen molar-refractivity contribution in [1.29, 1.82) is 0 Å². The molecule has 32 heavy (non-hydrogen) atoms. The number of carboxylic acid groups (broad SMARTS) is 1. The zero-order valence-electron chi connectivity index (χ0n) is 18.2. The second-order valence-electron chi connectivity index (χ2n) is 9.21. The van der Waals surface area contributed by atoms with Gasteiger partial charge in [0.15, 0.2) is 5.65 Å². The number of benzene rings is 1. The van der Waals surface area contributed by atoms with Crippen molar-refractivity contribution in [3.8, 4) is 5.69 Å². The fourth-order valence-corrected chi connectivity index (χ4v) is 4.87. The van der Waals surface area contributed by atoms with Crippen molar-refractivity contribution in [2.24, 2.45) is 5.41 Å². The Morgan fingerprint density at radius 3 is 2.78 bits per heavy atom. The number of rotatable bonds is 4. The summed E-state index contributed by atoms with van der Waals surface area (Å²) in [5.74, 6) is -1.19. The second-order valence-corrected chi connectivity index (χ2v) is 9.21. The maximum atomic E-state index is 13.7. The molecular formula is C24H25FN4O3. The number of carbonyl (C=O) groups is 1. The maximum absolute atomic E-state index is 13.7. The Morgan fingerprint density at radius 2 is 2.09 bits per heavy atom. The van der Waals surface area contributed by atoms with Gasteiger partial charge in [-0.25, -0.2) is 9.37 Å². The van der Waals surface area contributed by atoms with Crippen molar-refractivity contribution >= 4 is 28.0 Å². The van der Waals surface area contributed by atoms with Gasteiger partial charge in [0.25, 0.3) is 0 Å². The SMILES string of the molecule is CC(C)c1c([C@H]2COC[C@](C)(C(=O)O)C2)c2nc3[nH]ncc3cc2n1-c1ccc(F)cc1. The quantitative estimate of drug-likeness (QED) is 0.481. The molecule has 4 heterocycles. The first-order chi connectivity index (χ1) is 15.3. The van der Waals surface area contributed by atoms with E-state index in [1.165, 1.54) is 12.1 Å². The minimum Gasteiger partial charge on any atom is -0.481 e. The molecule has 0 bridgehead atoms. The van der Waals surface area contributed by atoms with Gasteiger partial charge in [-0.2, -0.15) is 5.10 Å². The highest BCUT2D eigenvalue weighted by atomic mass is 19.1. The molecule has 0 amide bonds. The Kier molecular flexibility index (Phi) is 4.78. The van der Waals surface area contributed by atoms with Gasteiger partial charge in [-0.05, 0) is 49.6 Å². The number of carboxylic acids is 1. The maximum Gasteiger partial charge on any atom is 0.311 e. The summed E-state index contributed by atoms with van der Waals surface area (Å²) in [6.07, 6.45) is 2.18. The average Bonchev–Trinajstić information content (AvgIpc) is 3.34. The topological polar surface area (TPSA) is 93.0 Å². The fourth-order valence-electron chi connectivity index (χ4n) is 4.87. The monoisotopic (exact) mass is 436 g/mol. The van der Waals surface area contributed by atoms with E-state index in [9.17, 15) is 14.3 Å². The molecule has 2 N–H and O–H groups in total. The molecule has 1 fully saturated rings.